The van der Waals surface area contributed by atoms with Crippen LogP contribution in [0.1, 0.15) is 0 Å². The molecule has 0 saturated heterocycles. The van der Waals surface area contributed by atoms with E-state index in [0.29, 0.717) is 0 Å². The lowest BCUT2D eigenvalue weighted by molar-refractivity contribution is 0.663. The quantitative estimate of drug-likeness (QED) is 0.180. The SMILES string of the molecule is c1cc(-c2ccc3ccccc3c2)cc(-c2c3ccccc3c(-c3ccc4oc5c(ccc6oc7ccccc7c65)c4c3)c3ccccc23)c1. The van der Waals surface area contributed by atoms with Crippen LogP contribution in [0.4, 0.5) is 0 Å². The van der Waals surface area contributed by atoms with Crippen LogP contribution in [-0.4, -0.2) is 0 Å². The average Bonchev–Trinajstić information content (AvgIpc) is 3.75. The average molecular weight is 637 g/mol. The molecule has 0 spiro atoms. The molecule has 2 nitrogen and oxygen atoms in total. The number of benzene rings is 9. The summed E-state index contributed by atoms with van der Waals surface area (Å²) in [4.78, 5) is 0. The molecule has 0 amide bonds. The van der Waals surface area contributed by atoms with Crippen molar-refractivity contribution < 1.29 is 8.83 Å². The Morgan fingerprint density at radius 2 is 0.840 bits per heavy atom. The summed E-state index contributed by atoms with van der Waals surface area (Å²) < 4.78 is 12.8. The summed E-state index contributed by atoms with van der Waals surface area (Å²) in [5.41, 5.74) is 10.8. The first-order valence-electron chi connectivity index (χ1n) is 17.1. The lowest BCUT2D eigenvalue weighted by atomic mass is 9.85. The van der Waals surface area contributed by atoms with Crippen molar-refractivity contribution in [2.24, 2.45) is 0 Å². The van der Waals surface area contributed by atoms with E-state index >= 15 is 0 Å². The normalized spacial score (nSPS) is 12.0. The molecule has 2 aromatic heterocycles. The summed E-state index contributed by atoms with van der Waals surface area (Å²) in [6, 6.07) is 61.1. The van der Waals surface area contributed by atoms with E-state index in [1.165, 1.54) is 65.7 Å². The Labute approximate surface area is 287 Å². The van der Waals surface area contributed by atoms with Gasteiger partial charge >= 0.3 is 0 Å². The zero-order chi connectivity index (χ0) is 32.8. The Hall–Kier alpha value is -6.64. The molecule has 11 aromatic rings. The maximum atomic E-state index is 6.59. The highest BCUT2D eigenvalue weighted by Gasteiger charge is 2.20. The third-order valence-electron chi connectivity index (χ3n) is 10.4. The van der Waals surface area contributed by atoms with Crippen LogP contribution in [0.3, 0.4) is 0 Å². The number of furan rings is 2. The van der Waals surface area contributed by atoms with Crippen molar-refractivity contribution in [3.63, 3.8) is 0 Å². The summed E-state index contributed by atoms with van der Waals surface area (Å²) in [6.45, 7) is 0. The Morgan fingerprint density at radius 1 is 0.280 bits per heavy atom. The fraction of sp³-hybridized carbons (Fsp3) is 0. The minimum atomic E-state index is 0.843. The molecule has 0 aliphatic rings. The molecule has 11 rings (SSSR count). The third kappa shape index (κ3) is 3.96. The number of para-hydroxylation sites is 1. The Balaban J connectivity index is 1.14. The molecule has 0 bridgehead atoms. The van der Waals surface area contributed by atoms with Gasteiger partial charge in [0.25, 0.3) is 0 Å². The zero-order valence-corrected chi connectivity index (χ0v) is 27.0. The topological polar surface area (TPSA) is 26.3 Å². The van der Waals surface area contributed by atoms with Gasteiger partial charge < -0.3 is 8.83 Å². The van der Waals surface area contributed by atoms with Crippen LogP contribution in [0.5, 0.6) is 0 Å². The first kappa shape index (κ1) is 27.3. The molecule has 0 atom stereocenters. The van der Waals surface area contributed by atoms with Crippen molar-refractivity contribution in [2.75, 3.05) is 0 Å². The first-order chi connectivity index (χ1) is 24.8. The second-order valence-electron chi connectivity index (χ2n) is 13.2. The fourth-order valence-corrected chi connectivity index (χ4v) is 8.17. The van der Waals surface area contributed by atoms with E-state index in [4.69, 9.17) is 8.83 Å². The van der Waals surface area contributed by atoms with E-state index in [0.717, 1.165) is 43.9 Å². The highest BCUT2D eigenvalue weighted by molar-refractivity contribution is 6.24. The van der Waals surface area contributed by atoms with Gasteiger partial charge in [-0.2, -0.15) is 0 Å². The van der Waals surface area contributed by atoms with Crippen molar-refractivity contribution in [2.45, 2.75) is 0 Å². The van der Waals surface area contributed by atoms with Crippen molar-refractivity contribution in [3.8, 4) is 33.4 Å². The second kappa shape index (κ2) is 10.4. The molecular weight excluding hydrogens is 609 g/mol. The number of fused-ring (bicyclic) bond motifs is 10. The van der Waals surface area contributed by atoms with Crippen molar-refractivity contribution in [1.29, 1.82) is 0 Å². The minimum absolute atomic E-state index is 0.843. The number of hydrogen-bond acceptors (Lipinski definition) is 2. The van der Waals surface area contributed by atoms with Crippen LogP contribution < -0.4 is 0 Å². The molecule has 2 heterocycles. The van der Waals surface area contributed by atoms with Crippen LogP contribution >= 0.6 is 0 Å². The lowest BCUT2D eigenvalue weighted by Crippen LogP contribution is -1.91. The van der Waals surface area contributed by atoms with Gasteiger partial charge in [-0.15, -0.1) is 0 Å². The third-order valence-corrected chi connectivity index (χ3v) is 10.4. The standard InChI is InChI=1S/C48H28O2/c1-2-11-30-26-32(21-20-29(30)10-1)31-12-9-13-33(27-31)45-35-14-3-5-16-37(35)46(38-17-6-4-15-36(38)45)34-22-24-43-41(28-34)39-23-25-44-47(48(39)50-43)40-18-7-8-19-42(40)49-44/h1-28H. The Kier molecular flexibility index (Phi) is 5.70. The van der Waals surface area contributed by atoms with Crippen molar-refractivity contribution >= 4 is 76.2 Å². The Bertz CT molecular complexity index is 3100. The molecule has 0 radical (unpaired) electrons. The van der Waals surface area contributed by atoms with E-state index in [2.05, 4.69) is 158 Å². The molecule has 0 aliphatic heterocycles. The zero-order valence-electron chi connectivity index (χ0n) is 27.0. The van der Waals surface area contributed by atoms with Gasteiger partial charge in [0.2, 0.25) is 0 Å². The molecule has 0 aliphatic carbocycles. The van der Waals surface area contributed by atoms with Crippen LogP contribution in [0.25, 0.3) is 110 Å². The van der Waals surface area contributed by atoms with Crippen molar-refractivity contribution in [1.82, 2.24) is 0 Å². The summed E-state index contributed by atoms with van der Waals surface area (Å²) in [5.74, 6) is 0. The molecule has 50 heavy (non-hydrogen) atoms. The van der Waals surface area contributed by atoms with Gasteiger partial charge in [-0.05, 0) is 108 Å². The van der Waals surface area contributed by atoms with Gasteiger partial charge in [-0.25, -0.2) is 0 Å². The molecular formula is C48H28O2. The largest absolute Gasteiger partial charge is 0.456 e. The molecule has 0 N–H and O–H groups in total. The maximum absolute atomic E-state index is 6.59. The number of rotatable bonds is 3. The summed E-state index contributed by atoms with van der Waals surface area (Å²) >= 11 is 0. The van der Waals surface area contributed by atoms with Crippen LogP contribution in [0.2, 0.25) is 0 Å². The van der Waals surface area contributed by atoms with Gasteiger partial charge in [-0.1, -0.05) is 127 Å². The number of hydrogen-bond donors (Lipinski definition) is 0. The summed E-state index contributed by atoms with van der Waals surface area (Å²) in [7, 11) is 0. The van der Waals surface area contributed by atoms with Crippen molar-refractivity contribution in [3.05, 3.63) is 170 Å². The van der Waals surface area contributed by atoms with E-state index in [1.807, 2.05) is 12.1 Å². The lowest BCUT2D eigenvalue weighted by Gasteiger charge is -2.18. The first-order valence-corrected chi connectivity index (χ1v) is 17.1. The maximum Gasteiger partial charge on any atom is 0.147 e. The van der Waals surface area contributed by atoms with E-state index < -0.39 is 0 Å². The van der Waals surface area contributed by atoms with Gasteiger partial charge in [0.05, 0.1) is 5.39 Å². The summed E-state index contributed by atoms with van der Waals surface area (Å²) in [6.07, 6.45) is 0. The van der Waals surface area contributed by atoms with Gasteiger partial charge in [0, 0.05) is 16.2 Å². The molecule has 0 saturated carbocycles. The highest BCUT2D eigenvalue weighted by Crippen LogP contribution is 2.46. The molecule has 2 heteroatoms. The monoisotopic (exact) mass is 636 g/mol. The minimum Gasteiger partial charge on any atom is -0.456 e. The smallest absolute Gasteiger partial charge is 0.147 e. The van der Waals surface area contributed by atoms with Gasteiger partial charge in [0.15, 0.2) is 0 Å². The summed E-state index contributed by atoms with van der Waals surface area (Å²) in [5, 5.41) is 11.7. The molecule has 9 aromatic carbocycles. The second-order valence-corrected chi connectivity index (χ2v) is 13.2. The fourth-order valence-electron chi connectivity index (χ4n) is 8.17. The Morgan fingerprint density at radius 3 is 1.60 bits per heavy atom. The highest BCUT2D eigenvalue weighted by atomic mass is 16.3. The van der Waals surface area contributed by atoms with E-state index in [-0.39, 0.29) is 0 Å². The van der Waals surface area contributed by atoms with Crippen LogP contribution in [-0.2, 0) is 0 Å². The van der Waals surface area contributed by atoms with Crippen LogP contribution in [0.15, 0.2) is 179 Å². The predicted octanol–water partition coefficient (Wildman–Crippen LogP) is 13.9. The van der Waals surface area contributed by atoms with Gasteiger partial charge in [0.1, 0.15) is 22.3 Å². The van der Waals surface area contributed by atoms with Crippen LogP contribution in [0, 0.1) is 0 Å². The van der Waals surface area contributed by atoms with Gasteiger partial charge in [-0.3, -0.25) is 0 Å². The van der Waals surface area contributed by atoms with E-state index in [9.17, 15) is 0 Å². The molecule has 0 fully saturated rings. The molecule has 0 unspecified atom stereocenters. The van der Waals surface area contributed by atoms with E-state index in [1.54, 1.807) is 0 Å². The molecule has 232 valence electrons. The predicted molar refractivity (Wildman–Crippen MR) is 210 cm³/mol.